The predicted octanol–water partition coefficient (Wildman–Crippen LogP) is 2.57. The number of thiophene rings is 1. The molecule has 0 aliphatic heterocycles. The molecule has 1 rings (SSSR count). The molecule has 0 atom stereocenters. The highest BCUT2D eigenvalue weighted by atomic mass is 127. The lowest BCUT2D eigenvalue weighted by molar-refractivity contribution is 0.550. The largest absolute Gasteiger partial charge is 0.370 e. The number of hydrogen-bond donors (Lipinski definition) is 2. The maximum Gasteiger partial charge on any atom is 0.188 e. The van der Waals surface area contributed by atoms with Crippen LogP contribution in [-0.4, -0.2) is 19.0 Å². The lowest BCUT2D eigenvalue weighted by Crippen LogP contribution is -2.33. The van der Waals surface area contributed by atoms with Gasteiger partial charge in [0, 0.05) is 16.8 Å². The Bertz CT molecular complexity index is 320. The first-order chi connectivity index (χ1) is 7.06. The highest BCUT2D eigenvalue weighted by Gasteiger charge is 2.21. The maximum absolute atomic E-state index is 5.69. The molecule has 16 heavy (non-hydrogen) atoms. The van der Waals surface area contributed by atoms with Gasteiger partial charge in [-0.25, -0.2) is 0 Å². The third-order valence-corrected chi connectivity index (χ3v) is 3.43. The number of aliphatic imine (C=N–C) groups is 1. The Hall–Kier alpha value is -0.300. The zero-order valence-corrected chi connectivity index (χ0v) is 13.1. The molecule has 0 fully saturated rings. The van der Waals surface area contributed by atoms with E-state index in [-0.39, 0.29) is 29.4 Å². The van der Waals surface area contributed by atoms with E-state index in [1.165, 1.54) is 4.88 Å². The van der Waals surface area contributed by atoms with Crippen molar-refractivity contribution in [2.45, 2.75) is 26.2 Å². The van der Waals surface area contributed by atoms with Crippen LogP contribution in [0.3, 0.4) is 0 Å². The molecule has 0 saturated carbocycles. The molecule has 0 radical (unpaired) electrons. The van der Waals surface area contributed by atoms with E-state index < -0.39 is 0 Å². The zero-order chi connectivity index (χ0) is 11.3. The fraction of sp³-hybridized carbons (Fsp3) is 0.545. The number of guanidine groups is 1. The molecule has 0 saturated heterocycles. The Morgan fingerprint density at radius 1 is 1.56 bits per heavy atom. The van der Waals surface area contributed by atoms with Crippen molar-refractivity contribution in [3.05, 3.63) is 22.4 Å². The number of nitrogens with one attached hydrogen (secondary N) is 1. The summed E-state index contributed by atoms with van der Waals surface area (Å²) in [6.07, 6.45) is 0. The summed E-state index contributed by atoms with van der Waals surface area (Å²) in [5.74, 6) is 0.530. The van der Waals surface area contributed by atoms with Crippen molar-refractivity contribution < 1.29 is 0 Å². The van der Waals surface area contributed by atoms with E-state index in [2.05, 4.69) is 41.7 Å². The molecule has 0 aromatic carbocycles. The Morgan fingerprint density at radius 3 is 2.75 bits per heavy atom. The van der Waals surface area contributed by atoms with Crippen LogP contribution in [0.5, 0.6) is 0 Å². The topological polar surface area (TPSA) is 50.4 Å². The summed E-state index contributed by atoms with van der Waals surface area (Å²) in [6.45, 7) is 7.90. The van der Waals surface area contributed by atoms with Gasteiger partial charge in [-0.15, -0.1) is 35.3 Å². The van der Waals surface area contributed by atoms with Crippen LogP contribution in [-0.2, 0) is 5.41 Å². The molecule has 0 amide bonds. The van der Waals surface area contributed by atoms with E-state index in [0.29, 0.717) is 12.5 Å². The van der Waals surface area contributed by atoms with Gasteiger partial charge in [0.1, 0.15) is 0 Å². The van der Waals surface area contributed by atoms with Gasteiger partial charge < -0.3 is 11.1 Å². The summed E-state index contributed by atoms with van der Waals surface area (Å²) in [6, 6.07) is 4.21. The molecule has 1 heterocycles. The number of nitrogens with two attached hydrogens (primary N) is 1. The van der Waals surface area contributed by atoms with Crippen molar-refractivity contribution in [2.75, 3.05) is 13.1 Å². The molecule has 5 heteroatoms. The van der Waals surface area contributed by atoms with Gasteiger partial charge in [-0.1, -0.05) is 19.9 Å². The standard InChI is InChI=1S/C11H19N3S.HI/c1-4-13-10(12)14-8-11(2,3)9-6-5-7-15-9;/h5-7H,4,8H2,1-3H3,(H3,12,13,14);1H. The Morgan fingerprint density at radius 2 is 2.25 bits per heavy atom. The van der Waals surface area contributed by atoms with E-state index in [9.17, 15) is 0 Å². The van der Waals surface area contributed by atoms with Gasteiger partial charge >= 0.3 is 0 Å². The van der Waals surface area contributed by atoms with E-state index >= 15 is 0 Å². The molecule has 3 nitrogen and oxygen atoms in total. The summed E-state index contributed by atoms with van der Waals surface area (Å²) in [4.78, 5) is 5.67. The normalized spacial score (nSPS) is 12.1. The SMILES string of the molecule is CCNC(N)=NCC(C)(C)c1cccs1.I. The van der Waals surface area contributed by atoms with Gasteiger partial charge in [-0.05, 0) is 18.4 Å². The van der Waals surface area contributed by atoms with Crippen LogP contribution < -0.4 is 11.1 Å². The molecular formula is C11H20IN3S. The van der Waals surface area contributed by atoms with Crippen LogP contribution in [0.1, 0.15) is 25.6 Å². The minimum atomic E-state index is 0. The fourth-order valence-corrected chi connectivity index (χ4v) is 2.11. The van der Waals surface area contributed by atoms with Gasteiger partial charge in [0.05, 0.1) is 6.54 Å². The second kappa shape index (κ2) is 7.11. The highest BCUT2D eigenvalue weighted by Crippen LogP contribution is 2.27. The molecule has 0 spiro atoms. The van der Waals surface area contributed by atoms with Crippen LogP contribution in [0.2, 0.25) is 0 Å². The molecule has 0 unspecified atom stereocenters. The van der Waals surface area contributed by atoms with E-state index in [4.69, 9.17) is 5.73 Å². The lowest BCUT2D eigenvalue weighted by Gasteiger charge is -2.20. The van der Waals surface area contributed by atoms with Crippen molar-refractivity contribution in [2.24, 2.45) is 10.7 Å². The van der Waals surface area contributed by atoms with Crippen molar-refractivity contribution in [1.82, 2.24) is 5.32 Å². The van der Waals surface area contributed by atoms with Crippen LogP contribution in [0.25, 0.3) is 0 Å². The van der Waals surface area contributed by atoms with E-state index in [0.717, 1.165) is 6.54 Å². The molecule has 0 aliphatic carbocycles. The first-order valence-electron chi connectivity index (χ1n) is 5.14. The smallest absolute Gasteiger partial charge is 0.188 e. The molecule has 0 bridgehead atoms. The monoisotopic (exact) mass is 353 g/mol. The number of hydrogen-bond acceptors (Lipinski definition) is 2. The predicted molar refractivity (Wildman–Crippen MR) is 82.9 cm³/mol. The number of halogens is 1. The summed E-state index contributed by atoms with van der Waals surface area (Å²) in [7, 11) is 0. The average Bonchev–Trinajstić information content (AvgIpc) is 2.69. The van der Waals surface area contributed by atoms with E-state index in [1.807, 2.05) is 6.92 Å². The molecule has 1 aromatic rings. The van der Waals surface area contributed by atoms with Crippen LogP contribution in [0, 0.1) is 0 Å². The van der Waals surface area contributed by atoms with Crippen molar-refractivity contribution in [1.29, 1.82) is 0 Å². The van der Waals surface area contributed by atoms with Gasteiger partial charge in [-0.2, -0.15) is 0 Å². The fourth-order valence-electron chi connectivity index (χ4n) is 1.26. The van der Waals surface area contributed by atoms with Crippen LogP contribution in [0.15, 0.2) is 22.5 Å². The molecule has 92 valence electrons. The third-order valence-electron chi connectivity index (χ3n) is 2.19. The van der Waals surface area contributed by atoms with Gasteiger partial charge in [0.15, 0.2) is 5.96 Å². The zero-order valence-electron chi connectivity index (χ0n) is 9.99. The maximum atomic E-state index is 5.69. The number of nitrogens with zero attached hydrogens (tertiary/aromatic N) is 1. The first-order valence-corrected chi connectivity index (χ1v) is 6.02. The Balaban J connectivity index is 0.00000225. The highest BCUT2D eigenvalue weighted by molar-refractivity contribution is 14.0. The van der Waals surface area contributed by atoms with Crippen LogP contribution in [0.4, 0.5) is 0 Å². The Kier molecular flexibility index (Phi) is 6.98. The van der Waals surface area contributed by atoms with Crippen molar-refractivity contribution >= 4 is 41.3 Å². The first kappa shape index (κ1) is 15.7. The van der Waals surface area contributed by atoms with E-state index in [1.54, 1.807) is 11.3 Å². The van der Waals surface area contributed by atoms with Crippen molar-refractivity contribution in [3.8, 4) is 0 Å². The van der Waals surface area contributed by atoms with Gasteiger partial charge in [0.25, 0.3) is 0 Å². The average molecular weight is 353 g/mol. The molecule has 0 aliphatic rings. The Labute approximate surface area is 119 Å². The molecular weight excluding hydrogens is 333 g/mol. The quantitative estimate of drug-likeness (QED) is 0.497. The summed E-state index contributed by atoms with van der Waals surface area (Å²) in [5, 5.41) is 5.09. The second-order valence-corrected chi connectivity index (χ2v) is 5.04. The van der Waals surface area contributed by atoms with Gasteiger partial charge in [-0.3, -0.25) is 4.99 Å². The van der Waals surface area contributed by atoms with Crippen LogP contribution >= 0.6 is 35.3 Å². The minimum absolute atomic E-state index is 0. The molecule has 1 aromatic heterocycles. The lowest BCUT2D eigenvalue weighted by atomic mass is 9.92. The summed E-state index contributed by atoms with van der Waals surface area (Å²) < 4.78 is 0. The van der Waals surface area contributed by atoms with Crippen molar-refractivity contribution in [3.63, 3.8) is 0 Å². The third kappa shape index (κ3) is 4.69. The minimum Gasteiger partial charge on any atom is -0.370 e. The summed E-state index contributed by atoms with van der Waals surface area (Å²) >= 11 is 1.76. The second-order valence-electron chi connectivity index (χ2n) is 4.09. The van der Waals surface area contributed by atoms with Gasteiger partial charge in [0.2, 0.25) is 0 Å². The molecule has 3 N–H and O–H groups in total. The summed E-state index contributed by atoms with van der Waals surface area (Å²) in [5.41, 5.74) is 5.75. The number of rotatable bonds is 4.